The van der Waals surface area contributed by atoms with Crippen LogP contribution in [0.4, 0.5) is 0 Å². The molecule has 0 aliphatic carbocycles. The summed E-state index contributed by atoms with van der Waals surface area (Å²) >= 11 is 0. The molecule has 0 aromatic heterocycles. The average molecular weight is 391 g/mol. The summed E-state index contributed by atoms with van der Waals surface area (Å²) in [6, 6.07) is 11.4. The van der Waals surface area contributed by atoms with E-state index < -0.39 is 10.6 Å². The lowest BCUT2D eigenvalue weighted by Crippen LogP contribution is -2.28. The molecular weight excluding hydrogens is 364 g/mol. The van der Waals surface area contributed by atoms with Crippen LogP contribution in [-0.4, -0.2) is 39.8 Å². The Morgan fingerprint density at radius 2 is 1.70 bits per heavy atom. The van der Waals surface area contributed by atoms with Gasteiger partial charge in [0, 0.05) is 24.3 Å². The third-order valence-corrected chi connectivity index (χ3v) is 6.69. The van der Waals surface area contributed by atoms with Gasteiger partial charge in [0.25, 0.3) is 0 Å². The molecule has 2 aromatic carbocycles. The van der Waals surface area contributed by atoms with Crippen LogP contribution in [0, 0.1) is 13.8 Å². The highest BCUT2D eigenvalue weighted by Crippen LogP contribution is 2.44. The van der Waals surface area contributed by atoms with Crippen molar-refractivity contribution in [3.63, 3.8) is 0 Å². The van der Waals surface area contributed by atoms with Crippen molar-refractivity contribution >= 4 is 16.6 Å². The number of rotatable bonds is 4. The lowest BCUT2D eigenvalue weighted by molar-refractivity contribution is 0.0600. The normalized spacial score (nSPS) is 18.0. The maximum Gasteiger partial charge on any atom is 0.337 e. The Hall–Kier alpha value is -2.02. The van der Waals surface area contributed by atoms with Crippen LogP contribution in [0.3, 0.4) is 0 Å². The molecule has 2 aromatic rings. The van der Waals surface area contributed by atoms with E-state index in [-0.39, 0.29) is 12.1 Å². The van der Waals surface area contributed by atoms with Crippen LogP contribution in [0.25, 0.3) is 11.1 Å². The number of hydrogen-bond acceptors (Lipinski definition) is 5. The van der Waals surface area contributed by atoms with Crippen molar-refractivity contribution in [1.82, 2.24) is 0 Å². The molecule has 146 valence electrons. The third kappa shape index (κ3) is 4.64. The molecule has 0 unspecified atom stereocenters. The largest absolute Gasteiger partial charge is 0.490 e. The average Bonchev–Trinajstić information content (AvgIpc) is 2.62. The Balaban J connectivity index is 1.82. The second-order valence-corrected chi connectivity index (χ2v) is 9.45. The van der Waals surface area contributed by atoms with Crippen LogP contribution in [0.2, 0.25) is 0 Å². The van der Waals surface area contributed by atoms with Gasteiger partial charge in [-0.1, -0.05) is 12.1 Å². The number of hydrogen-bond donors (Lipinski definition) is 2. The predicted octanol–water partition coefficient (Wildman–Crippen LogP) is 5.05. The number of carbonyl (C=O) groups excluding carboxylic acids is 1. The molecule has 3 rings (SSSR count). The number of methoxy groups -OCH3 is 1. The summed E-state index contributed by atoms with van der Waals surface area (Å²) in [5, 5.41) is 0. The first-order chi connectivity index (χ1) is 12.8. The van der Waals surface area contributed by atoms with E-state index in [2.05, 4.69) is 0 Å². The van der Waals surface area contributed by atoms with Gasteiger partial charge in [0.15, 0.2) is 0 Å². The molecule has 1 aliphatic heterocycles. The molecular formula is C21H26O5S. The van der Waals surface area contributed by atoms with Crippen molar-refractivity contribution in [2.24, 2.45) is 0 Å². The van der Waals surface area contributed by atoms with E-state index in [1.807, 2.05) is 44.2 Å². The minimum atomic E-state index is -2.40. The standard InChI is InChI=1S/C21H26O5S/c1-14-11-19(26-18-7-9-27(23,24)10-8-18)12-15(2)20(14)16-5-4-6-17(13-16)21(22)25-3/h4-6,11-13,18,23-24H,7-10H2,1-3H3. The number of benzene rings is 2. The van der Waals surface area contributed by atoms with Crippen LogP contribution in [0.5, 0.6) is 5.75 Å². The zero-order valence-corrected chi connectivity index (χ0v) is 16.7. The van der Waals surface area contributed by atoms with E-state index >= 15 is 0 Å². The van der Waals surface area contributed by atoms with Crippen molar-refractivity contribution in [3.8, 4) is 16.9 Å². The molecule has 5 nitrogen and oxygen atoms in total. The van der Waals surface area contributed by atoms with Gasteiger partial charge in [0.05, 0.1) is 12.7 Å². The molecule has 27 heavy (non-hydrogen) atoms. The van der Waals surface area contributed by atoms with Gasteiger partial charge < -0.3 is 9.47 Å². The molecule has 0 amide bonds. The van der Waals surface area contributed by atoms with Crippen LogP contribution in [0.15, 0.2) is 36.4 Å². The lowest BCUT2D eigenvalue weighted by atomic mass is 9.94. The summed E-state index contributed by atoms with van der Waals surface area (Å²) in [6.45, 7) is 4.05. The van der Waals surface area contributed by atoms with Crippen molar-refractivity contribution in [1.29, 1.82) is 0 Å². The highest BCUT2D eigenvalue weighted by Gasteiger charge is 2.25. The highest BCUT2D eigenvalue weighted by atomic mass is 32.3. The molecule has 1 aliphatic rings. The Morgan fingerprint density at radius 3 is 2.30 bits per heavy atom. The van der Waals surface area contributed by atoms with Crippen molar-refractivity contribution in [2.45, 2.75) is 32.8 Å². The summed E-state index contributed by atoms with van der Waals surface area (Å²) in [5.74, 6) is 1.26. The molecule has 6 heteroatoms. The van der Waals surface area contributed by atoms with Gasteiger partial charge in [0.2, 0.25) is 0 Å². The Morgan fingerprint density at radius 1 is 1.07 bits per heavy atom. The molecule has 0 bridgehead atoms. The summed E-state index contributed by atoms with van der Waals surface area (Å²) in [6.07, 6.45) is 1.32. The van der Waals surface area contributed by atoms with Crippen molar-refractivity contribution in [2.75, 3.05) is 18.6 Å². The first-order valence-corrected chi connectivity index (χ1v) is 10.9. The smallest absolute Gasteiger partial charge is 0.337 e. The summed E-state index contributed by atoms with van der Waals surface area (Å²) in [7, 11) is -1.02. The van der Waals surface area contributed by atoms with Crippen LogP contribution >= 0.6 is 10.6 Å². The van der Waals surface area contributed by atoms with E-state index in [9.17, 15) is 13.9 Å². The second-order valence-electron chi connectivity index (χ2n) is 7.03. The van der Waals surface area contributed by atoms with E-state index in [1.165, 1.54) is 7.11 Å². The van der Waals surface area contributed by atoms with Crippen LogP contribution < -0.4 is 4.74 Å². The Labute approximate surface area is 161 Å². The van der Waals surface area contributed by atoms with Crippen molar-refractivity contribution < 1.29 is 23.4 Å². The summed E-state index contributed by atoms with van der Waals surface area (Å²) < 4.78 is 30.4. The number of carbonyl (C=O) groups is 1. The third-order valence-electron chi connectivity index (χ3n) is 4.91. The molecule has 0 atom stereocenters. The molecule has 0 radical (unpaired) electrons. The maximum atomic E-state index is 11.8. The van der Waals surface area contributed by atoms with Gasteiger partial charge in [0.1, 0.15) is 11.9 Å². The van der Waals surface area contributed by atoms with E-state index in [0.717, 1.165) is 28.0 Å². The first-order valence-electron chi connectivity index (χ1n) is 8.99. The topological polar surface area (TPSA) is 76.0 Å². The number of esters is 1. The molecule has 1 saturated heterocycles. The lowest BCUT2D eigenvalue weighted by Gasteiger charge is -2.39. The monoisotopic (exact) mass is 390 g/mol. The SMILES string of the molecule is COC(=O)c1cccc(-c2c(C)cc(OC3CCS(O)(O)CC3)cc2C)c1. The summed E-state index contributed by atoms with van der Waals surface area (Å²) in [5.41, 5.74) is 4.69. The molecule has 1 heterocycles. The Bertz CT molecular complexity index is 813. The minimum Gasteiger partial charge on any atom is -0.490 e. The van der Waals surface area contributed by atoms with Gasteiger partial charge in [-0.3, -0.25) is 9.11 Å². The predicted molar refractivity (Wildman–Crippen MR) is 109 cm³/mol. The minimum absolute atomic E-state index is 0.0113. The van der Waals surface area contributed by atoms with Gasteiger partial charge >= 0.3 is 5.97 Å². The van der Waals surface area contributed by atoms with Crippen molar-refractivity contribution in [3.05, 3.63) is 53.1 Å². The van der Waals surface area contributed by atoms with Gasteiger partial charge in [-0.2, -0.15) is 10.6 Å². The van der Waals surface area contributed by atoms with E-state index in [4.69, 9.17) is 9.47 Å². The van der Waals surface area contributed by atoms with E-state index in [1.54, 1.807) is 6.07 Å². The Kier molecular flexibility index (Phi) is 5.79. The molecule has 2 N–H and O–H groups in total. The van der Waals surface area contributed by atoms with E-state index in [0.29, 0.717) is 29.9 Å². The molecule has 0 saturated carbocycles. The fourth-order valence-electron chi connectivity index (χ4n) is 3.56. The van der Waals surface area contributed by atoms with Gasteiger partial charge in [-0.15, -0.1) is 0 Å². The zero-order valence-electron chi connectivity index (χ0n) is 15.9. The number of ether oxygens (including phenoxy) is 2. The van der Waals surface area contributed by atoms with Crippen LogP contribution in [0.1, 0.15) is 34.3 Å². The second kappa shape index (κ2) is 7.92. The van der Waals surface area contributed by atoms with Gasteiger partial charge in [-0.25, -0.2) is 4.79 Å². The van der Waals surface area contributed by atoms with Crippen LogP contribution in [-0.2, 0) is 4.74 Å². The maximum absolute atomic E-state index is 11.8. The molecule has 1 fully saturated rings. The molecule has 0 spiro atoms. The fourth-order valence-corrected chi connectivity index (χ4v) is 5.05. The zero-order chi connectivity index (χ0) is 19.6. The quantitative estimate of drug-likeness (QED) is 0.715. The fraction of sp³-hybridized carbons (Fsp3) is 0.381. The number of aryl methyl sites for hydroxylation is 2. The highest BCUT2D eigenvalue weighted by molar-refractivity contribution is 8.24. The summed E-state index contributed by atoms with van der Waals surface area (Å²) in [4.78, 5) is 11.8. The van der Waals surface area contributed by atoms with Gasteiger partial charge in [-0.05, 0) is 60.4 Å². The first kappa shape index (κ1) is 19.7.